The molecule has 168 valence electrons. The highest BCUT2D eigenvalue weighted by atomic mass is 35.5. The molecule has 1 heterocycles. The van der Waals surface area contributed by atoms with Crippen LogP contribution in [0.5, 0.6) is 5.75 Å². The summed E-state index contributed by atoms with van der Waals surface area (Å²) in [7, 11) is -5.01. The summed E-state index contributed by atoms with van der Waals surface area (Å²) >= 11 is 5.73. The number of phosphoric ester groups is 1. The summed E-state index contributed by atoms with van der Waals surface area (Å²) in [6, 6.07) is 4.57. The number of hydrogen-bond donors (Lipinski definition) is 8. The van der Waals surface area contributed by atoms with Crippen LogP contribution < -0.4 is 5.63 Å². The number of phenols is 1. The zero-order chi connectivity index (χ0) is 23.0. The lowest BCUT2D eigenvalue weighted by atomic mass is 9.85. The molecule has 0 spiro atoms. The maximum Gasteiger partial charge on any atom is 0.470 e. The second kappa shape index (κ2) is 9.28. The largest absolute Gasteiger partial charge is 0.508 e. The van der Waals surface area contributed by atoms with E-state index in [2.05, 4.69) is 4.52 Å². The molecule has 1 aliphatic rings. The van der Waals surface area contributed by atoms with E-state index in [0.717, 1.165) is 5.39 Å². The van der Waals surface area contributed by atoms with E-state index >= 15 is 0 Å². The van der Waals surface area contributed by atoms with Gasteiger partial charge in [-0.1, -0.05) is 11.6 Å². The molecule has 1 aromatic heterocycles. The number of fused-ring (bicyclic) bond motifs is 1. The molecule has 1 saturated carbocycles. The topological polar surface area (TPSA) is 218 Å². The maximum absolute atomic E-state index is 11.2. The van der Waals surface area contributed by atoms with Crippen LogP contribution in [0.2, 0.25) is 5.02 Å². The fourth-order valence-electron chi connectivity index (χ4n) is 2.80. The van der Waals surface area contributed by atoms with Crippen molar-refractivity contribution in [1.82, 2.24) is 0 Å². The van der Waals surface area contributed by atoms with Gasteiger partial charge >= 0.3 is 13.4 Å². The van der Waals surface area contributed by atoms with Gasteiger partial charge in [-0.05, 0) is 24.6 Å². The van der Waals surface area contributed by atoms with Crippen molar-refractivity contribution < 1.29 is 53.9 Å². The van der Waals surface area contributed by atoms with Crippen molar-refractivity contribution in [3.63, 3.8) is 0 Å². The molecule has 3 rings (SSSR count). The molecule has 1 fully saturated rings. The Labute approximate surface area is 173 Å². The molecule has 6 atom stereocenters. The number of halogens is 1. The number of aliphatic hydroxyl groups is 5. The summed E-state index contributed by atoms with van der Waals surface area (Å²) in [6.07, 6.45) is -11.3. The first kappa shape index (κ1) is 24.7. The van der Waals surface area contributed by atoms with Gasteiger partial charge in [0.2, 0.25) is 0 Å². The van der Waals surface area contributed by atoms with E-state index in [9.17, 15) is 34.9 Å². The van der Waals surface area contributed by atoms with Gasteiger partial charge in [-0.2, -0.15) is 0 Å². The average Bonchev–Trinajstić information content (AvgIpc) is 2.66. The van der Waals surface area contributed by atoms with Gasteiger partial charge in [-0.3, -0.25) is 4.52 Å². The van der Waals surface area contributed by atoms with E-state index in [1.54, 1.807) is 13.0 Å². The molecule has 14 heteroatoms. The Morgan fingerprint density at radius 1 is 1.00 bits per heavy atom. The minimum Gasteiger partial charge on any atom is -0.508 e. The molecule has 0 aliphatic heterocycles. The van der Waals surface area contributed by atoms with Gasteiger partial charge in [-0.15, -0.1) is 0 Å². The van der Waals surface area contributed by atoms with E-state index in [1.807, 2.05) is 0 Å². The first-order chi connectivity index (χ1) is 13.7. The fraction of sp³-hybridized carbons (Fsp3) is 0.438. The summed E-state index contributed by atoms with van der Waals surface area (Å²) in [4.78, 5) is 28.2. The zero-order valence-corrected chi connectivity index (χ0v) is 16.9. The number of hydrogen-bond acceptors (Lipinski definition) is 10. The molecular weight excluding hydrogens is 451 g/mol. The van der Waals surface area contributed by atoms with Crippen LogP contribution >= 0.6 is 19.4 Å². The van der Waals surface area contributed by atoms with Gasteiger partial charge in [0.15, 0.2) is 0 Å². The van der Waals surface area contributed by atoms with Crippen molar-refractivity contribution in [3.8, 4) is 5.75 Å². The molecule has 0 bridgehead atoms. The maximum atomic E-state index is 11.2. The van der Waals surface area contributed by atoms with Gasteiger partial charge in [0.05, 0.1) is 0 Å². The molecule has 30 heavy (non-hydrogen) atoms. The standard InChI is InChI=1S/C10H7ClO3.C6H13O9P/c1-5-7-3-2-6(12)4-8(7)14-10(13)9(5)11;7-1-2(8)4(10)6(5(11)3(1)9)15-16(12,13)14/h2-4,12H,1H3;1-11H,(H2,12,13,14)/t;1-,2-,3+,4-,5-,6-/m.0/s1. The minimum absolute atomic E-state index is 0.0578. The van der Waals surface area contributed by atoms with E-state index in [4.69, 9.17) is 30.9 Å². The molecule has 1 aromatic carbocycles. The number of phenolic OH excluding ortho intramolecular Hbond substituents is 1. The highest BCUT2D eigenvalue weighted by Gasteiger charge is 2.50. The van der Waals surface area contributed by atoms with E-state index < -0.39 is 50.1 Å². The summed E-state index contributed by atoms with van der Waals surface area (Å²) in [6.45, 7) is 1.73. The van der Waals surface area contributed by atoms with Gasteiger partial charge < -0.3 is 44.8 Å². The highest BCUT2D eigenvalue weighted by molar-refractivity contribution is 7.46. The van der Waals surface area contributed by atoms with Crippen LogP contribution in [0.3, 0.4) is 0 Å². The SMILES string of the molecule is Cc1c(Cl)c(=O)oc2cc(O)ccc12.O=P(O)(O)O[C@@H]1[C@@H](O)[C@H](O)[C@@H](O)[C@H](O)[C@@H]1O. The van der Waals surface area contributed by atoms with Gasteiger partial charge in [-0.25, -0.2) is 9.36 Å². The van der Waals surface area contributed by atoms with Crippen molar-refractivity contribution in [2.75, 3.05) is 0 Å². The summed E-state index contributed by atoms with van der Waals surface area (Å²) in [5.74, 6) is 0.0578. The number of aromatic hydroxyl groups is 1. The van der Waals surface area contributed by atoms with Gasteiger partial charge in [0.1, 0.15) is 53.0 Å². The lowest BCUT2D eigenvalue weighted by molar-refractivity contribution is -0.219. The molecule has 0 saturated heterocycles. The Hall–Kier alpha value is -1.57. The molecular formula is C16H20ClO12P. The monoisotopic (exact) mass is 470 g/mol. The third-order valence-corrected chi connectivity index (χ3v) is 5.37. The third kappa shape index (κ3) is 5.37. The van der Waals surface area contributed by atoms with Gasteiger partial charge in [0.25, 0.3) is 0 Å². The molecule has 0 amide bonds. The average molecular weight is 471 g/mol. The van der Waals surface area contributed by atoms with Crippen LogP contribution in [0, 0.1) is 6.92 Å². The van der Waals surface area contributed by atoms with Crippen molar-refractivity contribution in [2.45, 2.75) is 43.5 Å². The summed E-state index contributed by atoms with van der Waals surface area (Å²) in [5, 5.41) is 56.2. The smallest absolute Gasteiger partial charge is 0.470 e. The fourth-order valence-corrected chi connectivity index (χ4v) is 3.51. The molecule has 2 aromatic rings. The van der Waals surface area contributed by atoms with Crippen molar-refractivity contribution >= 4 is 30.4 Å². The summed E-state index contributed by atoms with van der Waals surface area (Å²) < 4.78 is 19.4. The Morgan fingerprint density at radius 2 is 1.50 bits per heavy atom. The van der Waals surface area contributed by atoms with Crippen LogP contribution in [-0.2, 0) is 9.09 Å². The Bertz CT molecular complexity index is 988. The first-order valence-electron chi connectivity index (χ1n) is 8.30. The molecule has 0 radical (unpaired) electrons. The second-order valence-electron chi connectivity index (χ2n) is 6.52. The lowest BCUT2D eigenvalue weighted by Gasteiger charge is -2.41. The van der Waals surface area contributed by atoms with E-state index in [-0.39, 0.29) is 10.8 Å². The van der Waals surface area contributed by atoms with Crippen LogP contribution in [0.15, 0.2) is 27.4 Å². The molecule has 1 aliphatic carbocycles. The molecule has 12 nitrogen and oxygen atoms in total. The number of aliphatic hydroxyl groups excluding tert-OH is 5. The molecule has 0 unspecified atom stereocenters. The van der Waals surface area contributed by atoms with Crippen LogP contribution in [0.1, 0.15) is 5.56 Å². The quantitative estimate of drug-likeness (QED) is 0.190. The number of phosphoric acid groups is 1. The Balaban J connectivity index is 0.000000215. The minimum atomic E-state index is -5.01. The number of benzene rings is 1. The predicted octanol–water partition coefficient (Wildman–Crippen LogP) is -1.26. The third-order valence-electron chi connectivity index (χ3n) is 4.41. The highest BCUT2D eigenvalue weighted by Crippen LogP contribution is 2.41. The van der Waals surface area contributed by atoms with Gasteiger partial charge in [0, 0.05) is 11.5 Å². The van der Waals surface area contributed by atoms with Crippen LogP contribution in [-0.4, -0.2) is 77.0 Å². The summed E-state index contributed by atoms with van der Waals surface area (Å²) in [5.41, 5.74) is 0.428. The Morgan fingerprint density at radius 3 is 2.00 bits per heavy atom. The first-order valence-corrected chi connectivity index (χ1v) is 10.2. The number of aryl methyl sites for hydroxylation is 1. The van der Waals surface area contributed by atoms with Crippen molar-refractivity contribution in [3.05, 3.63) is 39.2 Å². The number of rotatable bonds is 2. The van der Waals surface area contributed by atoms with Crippen LogP contribution in [0.25, 0.3) is 11.0 Å². The predicted molar refractivity (Wildman–Crippen MR) is 101 cm³/mol. The van der Waals surface area contributed by atoms with Crippen molar-refractivity contribution in [2.24, 2.45) is 0 Å². The van der Waals surface area contributed by atoms with E-state index in [1.165, 1.54) is 12.1 Å². The van der Waals surface area contributed by atoms with Crippen LogP contribution in [0.4, 0.5) is 0 Å². The second-order valence-corrected chi connectivity index (χ2v) is 8.09. The normalized spacial score (nSPS) is 29.4. The van der Waals surface area contributed by atoms with E-state index in [0.29, 0.717) is 11.1 Å². The van der Waals surface area contributed by atoms with Crippen molar-refractivity contribution in [1.29, 1.82) is 0 Å². The lowest BCUT2D eigenvalue weighted by Crippen LogP contribution is -2.64. The Kier molecular flexibility index (Phi) is 7.64. The zero-order valence-electron chi connectivity index (χ0n) is 15.2. The molecule has 8 N–H and O–H groups in total.